The molecule has 1 atom stereocenters. The van der Waals surface area contributed by atoms with Crippen molar-refractivity contribution in [2.45, 2.75) is 18.9 Å². The summed E-state index contributed by atoms with van der Waals surface area (Å²) in [6.45, 7) is 1.90. The Hall–Kier alpha value is -1.16. The molecule has 4 heteroatoms. The van der Waals surface area contributed by atoms with Gasteiger partial charge in [0.2, 0.25) is 0 Å². The summed E-state index contributed by atoms with van der Waals surface area (Å²) < 4.78 is 13.2. The average Bonchev–Trinajstić information content (AvgIpc) is 2.63. The van der Waals surface area contributed by atoms with Crippen LogP contribution in [-0.2, 0) is 0 Å². The molecule has 15 heavy (non-hydrogen) atoms. The highest BCUT2D eigenvalue weighted by atomic mass is 19.1. The van der Waals surface area contributed by atoms with E-state index in [-0.39, 0.29) is 5.82 Å². The highest BCUT2D eigenvalue weighted by Gasteiger charge is 2.20. The number of likely N-dealkylation sites (tertiary alicyclic amines) is 1. The van der Waals surface area contributed by atoms with Crippen molar-refractivity contribution in [2.24, 2.45) is 0 Å². The van der Waals surface area contributed by atoms with Crippen molar-refractivity contribution in [2.75, 3.05) is 25.5 Å². The Bertz CT molecular complexity index is 329. The third-order valence-electron chi connectivity index (χ3n) is 2.94. The molecule has 2 heterocycles. The molecule has 3 nitrogen and oxygen atoms in total. The van der Waals surface area contributed by atoms with Crippen LogP contribution in [0.4, 0.5) is 10.2 Å². The largest absolute Gasteiger partial charge is 0.366 e. The van der Waals surface area contributed by atoms with Crippen molar-refractivity contribution < 1.29 is 4.39 Å². The van der Waals surface area contributed by atoms with Crippen LogP contribution in [0.25, 0.3) is 0 Å². The van der Waals surface area contributed by atoms with E-state index in [1.54, 1.807) is 12.3 Å². The number of pyridine rings is 1. The molecular formula is C11H16FN3. The molecule has 1 saturated heterocycles. The number of hydrogen-bond acceptors (Lipinski definition) is 3. The van der Waals surface area contributed by atoms with Crippen molar-refractivity contribution >= 4 is 5.82 Å². The number of likely N-dealkylation sites (N-methyl/N-ethyl adjacent to an activating group) is 1. The quantitative estimate of drug-likeness (QED) is 0.821. The van der Waals surface area contributed by atoms with Crippen molar-refractivity contribution in [1.29, 1.82) is 0 Å². The molecule has 0 radical (unpaired) electrons. The molecule has 82 valence electrons. The minimum Gasteiger partial charge on any atom is -0.366 e. The van der Waals surface area contributed by atoms with E-state index in [1.165, 1.54) is 18.9 Å². The lowest BCUT2D eigenvalue weighted by molar-refractivity contribution is 0.322. The van der Waals surface area contributed by atoms with E-state index in [0.717, 1.165) is 13.1 Å². The van der Waals surface area contributed by atoms with Crippen LogP contribution in [0, 0.1) is 5.82 Å². The number of nitrogens with zero attached hydrogens (tertiary/aromatic N) is 2. The SMILES string of the molecule is CN1CCCC1CNc1ncccc1F. The smallest absolute Gasteiger partial charge is 0.165 e. The van der Waals surface area contributed by atoms with Gasteiger partial charge in [-0.2, -0.15) is 0 Å². The molecule has 2 rings (SSSR count). The lowest BCUT2D eigenvalue weighted by Crippen LogP contribution is -2.31. The molecule has 0 aliphatic carbocycles. The zero-order valence-corrected chi connectivity index (χ0v) is 8.91. The summed E-state index contributed by atoms with van der Waals surface area (Å²) in [4.78, 5) is 6.26. The van der Waals surface area contributed by atoms with Gasteiger partial charge in [0.25, 0.3) is 0 Å². The molecule has 0 aromatic carbocycles. The first-order valence-corrected chi connectivity index (χ1v) is 5.32. The van der Waals surface area contributed by atoms with Crippen LogP contribution >= 0.6 is 0 Å². The molecule has 1 aromatic rings. The molecule has 1 aliphatic rings. The van der Waals surface area contributed by atoms with Gasteiger partial charge in [-0.15, -0.1) is 0 Å². The lowest BCUT2D eigenvalue weighted by Gasteiger charge is -2.19. The molecule has 1 N–H and O–H groups in total. The van der Waals surface area contributed by atoms with Gasteiger partial charge in [0.1, 0.15) is 0 Å². The second-order valence-corrected chi connectivity index (χ2v) is 3.99. The fourth-order valence-corrected chi connectivity index (χ4v) is 1.97. The van der Waals surface area contributed by atoms with Gasteiger partial charge in [-0.3, -0.25) is 0 Å². The maximum atomic E-state index is 13.2. The third-order valence-corrected chi connectivity index (χ3v) is 2.94. The van der Waals surface area contributed by atoms with E-state index in [4.69, 9.17) is 0 Å². The Morgan fingerprint density at radius 3 is 3.20 bits per heavy atom. The number of hydrogen-bond donors (Lipinski definition) is 1. The maximum absolute atomic E-state index is 13.2. The van der Waals surface area contributed by atoms with E-state index in [1.807, 2.05) is 0 Å². The number of aromatic nitrogens is 1. The third kappa shape index (κ3) is 2.45. The highest BCUT2D eigenvalue weighted by molar-refractivity contribution is 5.35. The molecule has 1 fully saturated rings. The molecule has 1 aromatic heterocycles. The summed E-state index contributed by atoms with van der Waals surface area (Å²) in [7, 11) is 2.11. The molecule has 1 unspecified atom stereocenters. The summed E-state index contributed by atoms with van der Waals surface area (Å²) in [6, 6.07) is 3.53. The minimum atomic E-state index is -0.279. The second-order valence-electron chi connectivity index (χ2n) is 3.99. The number of nitrogens with one attached hydrogen (secondary N) is 1. The lowest BCUT2D eigenvalue weighted by atomic mass is 10.2. The number of halogens is 1. The van der Waals surface area contributed by atoms with Gasteiger partial charge in [0.15, 0.2) is 11.6 Å². The van der Waals surface area contributed by atoms with E-state index in [2.05, 4.69) is 22.2 Å². The van der Waals surface area contributed by atoms with Crippen LogP contribution in [0.15, 0.2) is 18.3 Å². The fourth-order valence-electron chi connectivity index (χ4n) is 1.97. The Morgan fingerprint density at radius 1 is 1.67 bits per heavy atom. The molecule has 0 amide bonds. The molecule has 0 saturated carbocycles. The Balaban J connectivity index is 1.90. The standard InChI is InChI=1S/C11H16FN3/c1-15-7-3-4-9(15)8-14-11-10(12)5-2-6-13-11/h2,5-6,9H,3-4,7-8H2,1H3,(H,13,14). The van der Waals surface area contributed by atoms with Gasteiger partial charge >= 0.3 is 0 Å². The average molecular weight is 209 g/mol. The predicted octanol–water partition coefficient (Wildman–Crippen LogP) is 1.73. The van der Waals surface area contributed by atoms with Gasteiger partial charge < -0.3 is 10.2 Å². The van der Waals surface area contributed by atoms with E-state index < -0.39 is 0 Å². The number of rotatable bonds is 3. The molecule has 1 aliphatic heterocycles. The Labute approximate surface area is 89.3 Å². The van der Waals surface area contributed by atoms with Crippen LogP contribution in [0.2, 0.25) is 0 Å². The summed E-state index contributed by atoms with van der Waals surface area (Å²) in [6.07, 6.45) is 4.01. The zero-order valence-electron chi connectivity index (χ0n) is 8.91. The normalized spacial score (nSPS) is 21.9. The fraction of sp³-hybridized carbons (Fsp3) is 0.545. The van der Waals surface area contributed by atoms with Crippen molar-refractivity contribution in [1.82, 2.24) is 9.88 Å². The topological polar surface area (TPSA) is 28.2 Å². The van der Waals surface area contributed by atoms with E-state index >= 15 is 0 Å². The highest BCUT2D eigenvalue weighted by Crippen LogP contribution is 2.16. The summed E-state index contributed by atoms with van der Waals surface area (Å²) in [5, 5.41) is 3.06. The molecule has 0 spiro atoms. The molecule has 0 bridgehead atoms. The van der Waals surface area contributed by atoms with Crippen LogP contribution in [0.1, 0.15) is 12.8 Å². The second kappa shape index (κ2) is 4.57. The van der Waals surface area contributed by atoms with Crippen LogP contribution in [-0.4, -0.2) is 36.1 Å². The van der Waals surface area contributed by atoms with Gasteiger partial charge in [-0.25, -0.2) is 9.37 Å². The monoisotopic (exact) mass is 209 g/mol. The summed E-state index contributed by atoms with van der Waals surface area (Å²) in [5.74, 6) is 0.0796. The van der Waals surface area contributed by atoms with Crippen LogP contribution < -0.4 is 5.32 Å². The Kier molecular flexibility index (Phi) is 3.16. The van der Waals surface area contributed by atoms with Crippen molar-refractivity contribution in [3.8, 4) is 0 Å². The van der Waals surface area contributed by atoms with Crippen molar-refractivity contribution in [3.63, 3.8) is 0 Å². The van der Waals surface area contributed by atoms with Crippen LogP contribution in [0.5, 0.6) is 0 Å². The summed E-state index contributed by atoms with van der Waals surface area (Å²) in [5.41, 5.74) is 0. The van der Waals surface area contributed by atoms with Gasteiger partial charge in [-0.05, 0) is 38.6 Å². The van der Waals surface area contributed by atoms with Gasteiger partial charge in [0, 0.05) is 18.8 Å². The van der Waals surface area contributed by atoms with Crippen LogP contribution in [0.3, 0.4) is 0 Å². The van der Waals surface area contributed by atoms with Gasteiger partial charge in [0.05, 0.1) is 0 Å². The maximum Gasteiger partial charge on any atom is 0.165 e. The minimum absolute atomic E-state index is 0.279. The Morgan fingerprint density at radius 2 is 2.53 bits per heavy atom. The number of anilines is 1. The predicted molar refractivity (Wildman–Crippen MR) is 58.3 cm³/mol. The summed E-state index contributed by atoms with van der Waals surface area (Å²) >= 11 is 0. The first-order chi connectivity index (χ1) is 7.27. The van der Waals surface area contributed by atoms with E-state index in [0.29, 0.717) is 11.9 Å². The molecular weight excluding hydrogens is 193 g/mol. The zero-order chi connectivity index (χ0) is 10.7. The van der Waals surface area contributed by atoms with Crippen molar-refractivity contribution in [3.05, 3.63) is 24.1 Å². The van der Waals surface area contributed by atoms with E-state index in [9.17, 15) is 4.39 Å². The first-order valence-electron chi connectivity index (χ1n) is 5.32. The van der Waals surface area contributed by atoms with Gasteiger partial charge in [-0.1, -0.05) is 0 Å². The first kappa shape index (κ1) is 10.4.